The average molecular weight is 531 g/mol. The molecule has 35 heavy (non-hydrogen) atoms. The summed E-state index contributed by atoms with van der Waals surface area (Å²) in [5, 5.41) is -0.0191. The molecule has 0 saturated heterocycles. The number of fused-ring (bicyclic) bond motifs is 1. The summed E-state index contributed by atoms with van der Waals surface area (Å²) in [5.41, 5.74) is -2.98. The first-order valence-corrected chi connectivity index (χ1v) is 16.0. The molecule has 0 aromatic heterocycles. The Morgan fingerprint density at radius 2 is 2.00 bits per heavy atom. The average Bonchev–Trinajstić information content (AvgIpc) is 3.48. The lowest BCUT2D eigenvalue weighted by Crippen LogP contribution is -2.47. The van der Waals surface area contributed by atoms with E-state index in [-0.39, 0.29) is 23.9 Å². The number of aldehydes is 1. The lowest BCUT2D eigenvalue weighted by Gasteiger charge is -2.37. The topological polar surface area (TPSA) is 68.2 Å². The van der Waals surface area contributed by atoms with Gasteiger partial charge in [-0.2, -0.15) is 0 Å². The number of aliphatic imine (C=N–C) groups is 1. The molecule has 2 aliphatic rings. The van der Waals surface area contributed by atoms with Crippen molar-refractivity contribution in [3.8, 4) is 0 Å². The van der Waals surface area contributed by atoms with Gasteiger partial charge in [0.05, 0.1) is 4.75 Å². The molecule has 1 amide bonds. The summed E-state index contributed by atoms with van der Waals surface area (Å²) in [6.45, 7) is 10.6. The summed E-state index contributed by atoms with van der Waals surface area (Å²) in [6, 6.07) is 4.33. The van der Waals surface area contributed by atoms with Crippen LogP contribution in [0.3, 0.4) is 0 Å². The van der Waals surface area contributed by atoms with Crippen LogP contribution in [0.5, 0.6) is 0 Å². The summed E-state index contributed by atoms with van der Waals surface area (Å²) < 4.78 is 54.0. The number of amidine groups is 1. The fourth-order valence-corrected chi connectivity index (χ4v) is 6.15. The van der Waals surface area contributed by atoms with Crippen LogP contribution in [-0.4, -0.2) is 60.9 Å². The predicted molar refractivity (Wildman–Crippen MR) is 133 cm³/mol. The number of halogens is 3. The molecule has 0 unspecified atom stereocenters. The molecule has 1 aromatic carbocycles. The summed E-state index contributed by atoms with van der Waals surface area (Å²) in [4.78, 5) is 30.9. The van der Waals surface area contributed by atoms with E-state index in [1.165, 1.54) is 12.1 Å². The van der Waals surface area contributed by atoms with Gasteiger partial charge in [-0.15, -0.1) is 0 Å². The summed E-state index contributed by atoms with van der Waals surface area (Å²) in [5.74, 6) is -3.04. The van der Waals surface area contributed by atoms with Crippen molar-refractivity contribution in [3.05, 3.63) is 35.4 Å². The highest BCUT2D eigenvalue weighted by Crippen LogP contribution is 2.65. The number of alkyl halides is 1. The number of ether oxygens (including phenoxy) is 2. The summed E-state index contributed by atoms with van der Waals surface area (Å²) >= 11 is 1.01. The maximum absolute atomic E-state index is 14.9. The first-order chi connectivity index (χ1) is 16.2. The number of amides is 1. The zero-order valence-corrected chi connectivity index (χ0v) is 22.8. The lowest BCUT2D eigenvalue weighted by molar-refractivity contribution is -0.108. The standard InChI is InChI=1S/C24H33F3N2O4SSi/c1-22(2,3)33-21(31)29(15-32-10-11-35(4,5)6)20-28-24(13-25,18-12-23(18,14-30)34-20)16-8-7-9-17(26)19(16)27/h7-9,14,18H,10-13,15H2,1-6H3/t18-,23-,24-/m1/s1. The first-order valence-electron chi connectivity index (χ1n) is 11.5. The third kappa shape index (κ3) is 5.94. The maximum Gasteiger partial charge on any atom is 0.418 e. The molecule has 0 N–H and O–H groups in total. The van der Waals surface area contributed by atoms with Crippen LogP contribution in [-0.2, 0) is 19.8 Å². The number of thioether (sulfide) groups is 1. The molecule has 3 rings (SSSR count). The Bertz CT molecular complexity index is 1010. The van der Waals surface area contributed by atoms with E-state index in [1.807, 2.05) is 0 Å². The van der Waals surface area contributed by atoms with Gasteiger partial charge in [-0.25, -0.2) is 27.9 Å². The Hall–Kier alpha value is -1.85. The Morgan fingerprint density at radius 3 is 2.57 bits per heavy atom. The third-order valence-electron chi connectivity index (χ3n) is 5.99. The van der Waals surface area contributed by atoms with E-state index in [9.17, 15) is 22.8 Å². The highest BCUT2D eigenvalue weighted by molar-refractivity contribution is 8.15. The SMILES string of the molecule is CC(C)(C)OC(=O)N(COCC[Si](C)(C)C)C1=N[C@](CF)(c2cccc(F)c2F)[C@@H]2C[C@]2(C=O)S1. The van der Waals surface area contributed by atoms with Gasteiger partial charge in [-0.1, -0.05) is 43.5 Å². The van der Waals surface area contributed by atoms with E-state index in [0.717, 1.165) is 28.8 Å². The van der Waals surface area contributed by atoms with Crippen molar-refractivity contribution < 1.29 is 32.2 Å². The molecule has 1 aliphatic carbocycles. The van der Waals surface area contributed by atoms with Crippen molar-refractivity contribution in [2.45, 2.75) is 68.8 Å². The molecule has 0 radical (unpaired) electrons. The molecule has 3 atom stereocenters. The van der Waals surface area contributed by atoms with Gasteiger partial charge in [0.1, 0.15) is 30.8 Å². The summed E-state index contributed by atoms with van der Waals surface area (Å²) in [6.07, 6.45) is 0.106. The first kappa shape index (κ1) is 27.7. The van der Waals surface area contributed by atoms with Gasteiger partial charge in [0.2, 0.25) is 0 Å². The van der Waals surface area contributed by atoms with Crippen LogP contribution in [0.2, 0.25) is 25.7 Å². The Morgan fingerprint density at radius 1 is 1.31 bits per heavy atom. The molecule has 1 aromatic rings. The fourth-order valence-electron chi connectivity index (χ4n) is 3.98. The molecule has 194 valence electrons. The smallest absolute Gasteiger partial charge is 0.418 e. The van der Waals surface area contributed by atoms with Gasteiger partial charge < -0.3 is 14.3 Å². The molecule has 0 spiro atoms. The highest BCUT2D eigenvalue weighted by Gasteiger charge is 2.69. The minimum absolute atomic E-state index is 0.0191. The van der Waals surface area contributed by atoms with Crippen LogP contribution in [0.1, 0.15) is 32.8 Å². The molecular formula is C24H33F3N2O4SSi. The zero-order valence-electron chi connectivity index (χ0n) is 21.0. The number of hydrogen-bond acceptors (Lipinski definition) is 6. The second kappa shape index (κ2) is 9.89. The second-order valence-electron chi connectivity index (χ2n) is 11.2. The van der Waals surface area contributed by atoms with Crippen molar-refractivity contribution in [3.63, 3.8) is 0 Å². The number of benzene rings is 1. The largest absolute Gasteiger partial charge is 0.443 e. The van der Waals surface area contributed by atoms with Crippen LogP contribution in [0.25, 0.3) is 0 Å². The zero-order chi connectivity index (χ0) is 26.2. The van der Waals surface area contributed by atoms with Crippen molar-refractivity contribution in [1.29, 1.82) is 0 Å². The van der Waals surface area contributed by atoms with E-state index in [4.69, 9.17) is 9.47 Å². The van der Waals surface area contributed by atoms with Gasteiger partial charge in [0.25, 0.3) is 0 Å². The Kier molecular flexibility index (Phi) is 7.84. The third-order valence-corrected chi connectivity index (χ3v) is 9.11. The molecular weight excluding hydrogens is 497 g/mol. The van der Waals surface area contributed by atoms with Crippen LogP contribution < -0.4 is 0 Å². The predicted octanol–water partition coefficient (Wildman–Crippen LogP) is 5.74. The molecule has 11 heteroatoms. The van der Waals surface area contributed by atoms with E-state index in [1.54, 1.807) is 20.8 Å². The van der Waals surface area contributed by atoms with Crippen molar-refractivity contribution >= 4 is 37.4 Å². The lowest BCUT2D eigenvalue weighted by atomic mass is 9.85. The van der Waals surface area contributed by atoms with Gasteiger partial charge in [0.15, 0.2) is 16.8 Å². The van der Waals surface area contributed by atoms with Gasteiger partial charge in [-0.05, 0) is 39.3 Å². The minimum atomic E-state index is -1.85. The maximum atomic E-state index is 14.9. The van der Waals surface area contributed by atoms with Gasteiger partial charge >= 0.3 is 6.09 Å². The molecule has 1 fully saturated rings. The number of hydrogen-bond donors (Lipinski definition) is 0. The van der Waals surface area contributed by atoms with Crippen LogP contribution >= 0.6 is 11.8 Å². The minimum Gasteiger partial charge on any atom is -0.443 e. The molecule has 1 saturated carbocycles. The van der Waals surface area contributed by atoms with E-state index < -0.39 is 54.3 Å². The van der Waals surface area contributed by atoms with Crippen molar-refractivity contribution in [2.24, 2.45) is 10.9 Å². The van der Waals surface area contributed by atoms with Crippen LogP contribution in [0, 0.1) is 17.6 Å². The highest BCUT2D eigenvalue weighted by atomic mass is 32.2. The van der Waals surface area contributed by atoms with Crippen molar-refractivity contribution in [1.82, 2.24) is 4.90 Å². The van der Waals surface area contributed by atoms with E-state index >= 15 is 0 Å². The fraction of sp³-hybridized carbons (Fsp3) is 0.625. The van der Waals surface area contributed by atoms with E-state index in [2.05, 4.69) is 24.6 Å². The van der Waals surface area contributed by atoms with Gasteiger partial charge in [0, 0.05) is 26.2 Å². The van der Waals surface area contributed by atoms with E-state index in [0.29, 0.717) is 12.9 Å². The monoisotopic (exact) mass is 530 g/mol. The Labute approximate surface area is 209 Å². The Balaban J connectivity index is 2.04. The molecule has 1 aliphatic heterocycles. The number of carbonyl (C=O) groups is 2. The summed E-state index contributed by atoms with van der Waals surface area (Å²) in [7, 11) is -1.41. The second-order valence-corrected chi connectivity index (χ2v) is 18.2. The number of rotatable bonds is 8. The molecule has 0 bridgehead atoms. The van der Waals surface area contributed by atoms with Crippen LogP contribution in [0.4, 0.5) is 18.0 Å². The molecule has 6 nitrogen and oxygen atoms in total. The molecule has 1 heterocycles. The van der Waals surface area contributed by atoms with Crippen LogP contribution in [0.15, 0.2) is 23.2 Å². The van der Waals surface area contributed by atoms with Crippen molar-refractivity contribution in [2.75, 3.05) is 20.0 Å². The number of carbonyl (C=O) groups excluding carboxylic acids is 2. The normalized spacial score (nSPS) is 26.0. The number of nitrogens with zero attached hydrogens (tertiary/aromatic N) is 2. The van der Waals surface area contributed by atoms with Gasteiger partial charge in [-0.3, -0.25) is 0 Å². The quantitative estimate of drug-likeness (QED) is 0.186.